The van der Waals surface area contributed by atoms with Crippen LogP contribution in [-0.2, 0) is 14.8 Å². The van der Waals surface area contributed by atoms with Crippen molar-refractivity contribution in [3.63, 3.8) is 0 Å². The number of hydrogen-bond acceptors (Lipinski definition) is 3. The Kier molecular flexibility index (Phi) is 4.65. The summed E-state index contributed by atoms with van der Waals surface area (Å²) in [5.41, 5.74) is -0.0337. The molecule has 0 radical (unpaired) electrons. The maximum atomic E-state index is 13.9. The lowest BCUT2D eigenvalue weighted by Crippen LogP contribution is -2.17. The van der Waals surface area contributed by atoms with E-state index in [2.05, 4.69) is 0 Å². The minimum Gasteiger partial charge on any atom is -0.481 e. The van der Waals surface area contributed by atoms with Gasteiger partial charge >= 0.3 is 5.97 Å². The molecule has 1 atom stereocenters. The van der Waals surface area contributed by atoms with E-state index in [4.69, 9.17) is 10.2 Å². The molecule has 1 rings (SSSR count). The first-order chi connectivity index (χ1) is 8.62. The Balaban J connectivity index is 3.23. The molecule has 0 fully saturated rings. The van der Waals surface area contributed by atoms with E-state index in [1.165, 1.54) is 0 Å². The molecule has 0 aromatic heterocycles. The normalized spacial score (nSPS) is 13.5. The largest absolute Gasteiger partial charge is 0.481 e. The maximum absolute atomic E-state index is 13.9. The maximum Gasteiger partial charge on any atom is 0.311 e. The number of carboxylic acids is 1. The van der Waals surface area contributed by atoms with E-state index in [-0.39, 0.29) is 22.8 Å². The molecule has 1 unspecified atom stereocenters. The van der Waals surface area contributed by atoms with Gasteiger partial charge in [0.05, 0.1) is 10.8 Å². The number of nitrogens with two attached hydrogens (primary N) is 1. The predicted octanol–water partition coefficient (Wildman–Crippen LogP) is 1.69. The molecule has 0 aliphatic carbocycles. The van der Waals surface area contributed by atoms with Gasteiger partial charge in [0.15, 0.2) is 0 Å². The van der Waals surface area contributed by atoms with Gasteiger partial charge in [-0.2, -0.15) is 0 Å². The fraction of sp³-hybridized carbons (Fsp3) is 0.417. The van der Waals surface area contributed by atoms with Gasteiger partial charge in [-0.25, -0.2) is 17.9 Å². The van der Waals surface area contributed by atoms with Gasteiger partial charge in [-0.15, -0.1) is 0 Å². The number of halogens is 1. The molecule has 1 aromatic rings. The van der Waals surface area contributed by atoms with Gasteiger partial charge in [0.2, 0.25) is 10.0 Å². The zero-order chi connectivity index (χ0) is 14.8. The van der Waals surface area contributed by atoms with E-state index >= 15 is 0 Å². The van der Waals surface area contributed by atoms with Crippen molar-refractivity contribution in [2.24, 2.45) is 11.1 Å². The minimum atomic E-state index is -4.00. The van der Waals surface area contributed by atoms with Crippen LogP contribution in [0.25, 0.3) is 0 Å². The zero-order valence-electron chi connectivity index (χ0n) is 10.6. The molecule has 106 valence electrons. The average Bonchev–Trinajstić information content (AvgIpc) is 2.24. The first-order valence-corrected chi connectivity index (χ1v) is 7.22. The third-order valence-electron chi connectivity index (χ3n) is 2.68. The van der Waals surface area contributed by atoms with Crippen LogP contribution in [0, 0.1) is 11.7 Å². The van der Waals surface area contributed by atoms with Crippen molar-refractivity contribution in [1.29, 1.82) is 0 Å². The van der Waals surface area contributed by atoms with Gasteiger partial charge in [-0.1, -0.05) is 19.9 Å². The number of sulfonamides is 1. The first kappa shape index (κ1) is 15.6. The fourth-order valence-electron chi connectivity index (χ4n) is 1.80. The van der Waals surface area contributed by atoms with Gasteiger partial charge in [0.1, 0.15) is 5.82 Å². The van der Waals surface area contributed by atoms with Gasteiger partial charge in [-0.3, -0.25) is 4.79 Å². The fourth-order valence-corrected chi connectivity index (χ4v) is 2.33. The predicted molar refractivity (Wildman–Crippen MR) is 67.6 cm³/mol. The van der Waals surface area contributed by atoms with Crippen molar-refractivity contribution >= 4 is 16.0 Å². The Hall–Kier alpha value is -1.47. The summed E-state index contributed by atoms with van der Waals surface area (Å²) in [5.74, 6) is -2.96. The van der Waals surface area contributed by atoms with E-state index < -0.39 is 27.7 Å². The Morgan fingerprint density at radius 1 is 1.42 bits per heavy atom. The van der Waals surface area contributed by atoms with E-state index in [0.29, 0.717) is 0 Å². The van der Waals surface area contributed by atoms with Crippen molar-refractivity contribution in [2.45, 2.75) is 31.1 Å². The number of aliphatic carboxylic acids is 1. The number of primary sulfonamides is 1. The highest BCUT2D eigenvalue weighted by Gasteiger charge is 2.25. The second-order valence-corrected chi connectivity index (χ2v) is 6.31. The molecule has 5 nitrogen and oxygen atoms in total. The third kappa shape index (κ3) is 4.00. The highest BCUT2D eigenvalue weighted by molar-refractivity contribution is 7.89. The summed E-state index contributed by atoms with van der Waals surface area (Å²) in [6.07, 6.45) is 0.265. The SMILES string of the molecule is CC(C)CC(C(=O)O)c1ccc(S(N)(=O)=O)cc1F. The third-order valence-corrected chi connectivity index (χ3v) is 3.59. The Bertz CT molecular complexity index is 583. The molecule has 0 bridgehead atoms. The second kappa shape index (κ2) is 5.66. The molecule has 0 saturated heterocycles. The lowest BCUT2D eigenvalue weighted by Gasteiger charge is -2.16. The first-order valence-electron chi connectivity index (χ1n) is 5.68. The van der Waals surface area contributed by atoms with Crippen LogP contribution >= 0.6 is 0 Å². The van der Waals surface area contributed by atoms with Crippen LogP contribution in [0.15, 0.2) is 23.1 Å². The van der Waals surface area contributed by atoms with Crippen LogP contribution in [-0.4, -0.2) is 19.5 Å². The second-order valence-electron chi connectivity index (χ2n) is 4.75. The molecule has 7 heteroatoms. The van der Waals surface area contributed by atoms with Crippen LogP contribution < -0.4 is 5.14 Å². The summed E-state index contributed by atoms with van der Waals surface area (Å²) >= 11 is 0. The molecule has 0 aliphatic rings. The van der Waals surface area contributed by atoms with Gasteiger partial charge in [0.25, 0.3) is 0 Å². The molecule has 1 aromatic carbocycles. The lowest BCUT2D eigenvalue weighted by molar-refractivity contribution is -0.139. The Morgan fingerprint density at radius 2 is 2.00 bits per heavy atom. The molecule has 0 spiro atoms. The molecule has 0 saturated carbocycles. The molecule has 0 aliphatic heterocycles. The standard InChI is InChI=1S/C12H16FNO4S/c1-7(2)5-10(12(15)16)9-4-3-8(6-11(9)13)19(14,17)18/h3-4,6-7,10H,5H2,1-2H3,(H,15,16)(H2,14,17,18). The molecule has 0 heterocycles. The number of carboxylic acid groups (broad SMARTS) is 1. The summed E-state index contributed by atoms with van der Waals surface area (Å²) in [4.78, 5) is 10.8. The summed E-state index contributed by atoms with van der Waals surface area (Å²) < 4.78 is 36.0. The quantitative estimate of drug-likeness (QED) is 0.861. The lowest BCUT2D eigenvalue weighted by atomic mass is 9.90. The number of benzene rings is 1. The molecule has 3 N–H and O–H groups in total. The van der Waals surface area contributed by atoms with Crippen molar-refractivity contribution in [2.75, 3.05) is 0 Å². The average molecular weight is 289 g/mol. The van der Waals surface area contributed by atoms with E-state index in [9.17, 15) is 17.6 Å². The summed E-state index contributed by atoms with van der Waals surface area (Å²) in [7, 11) is -4.00. The van der Waals surface area contributed by atoms with Crippen molar-refractivity contribution < 1.29 is 22.7 Å². The molecular formula is C12H16FNO4S. The minimum absolute atomic E-state index is 0.0337. The zero-order valence-corrected chi connectivity index (χ0v) is 11.4. The summed E-state index contributed by atoms with van der Waals surface area (Å²) in [6.45, 7) is 3.65. The van der Waals surface area contributed by atoms with Crippen molar-refractivity contribution in [3.05, 3.63) is 29.6 Å². The van der Waals surface area contributed by atoms with Crippen LogP contribution in [0.3, 0.4) is 0 Å². The number of rotatable bonds is 5. The van der Waals surface area contributed by atoms with E-state index in [1.807, 2.05) is 13.8 Å². The van der Waals surface area contributed by atoms with E-state index in [0.717, 1.165) is 18.2 Å². The Labute approximate surface area is 111 Å². The van der Waals surface area contributed by atoms with E-state index in [1.54, 1.807) is 0 Å². The van der Waals surface area contributed by atoms with Gasteiger partial charge in [0, 0.05) is 5.56 Å². The smallest absolute Gasteiger partial charge is 0.311 e. The highest BCUT2D eigenvalue weighted by atomic mass is 32.2. The van der Waals surface area contributed by atoms with Gasteiger partial charge < -0.3 is 5.11 Å². The highest BCUT2D eigenvalue weighted by Crippen LogP contribution is 2.27. The Morgan fingerprint density at radius 3 is 2.37 bits per heavy atom. The summed E-state index contributed by atoms with van der Waals surface area (Å²) in [6, 6.07) is 3.03. The molecular weight excluding hydrogens is 273 g/mol. The molecule has 19 heavy (non-hydrogen) atoms. The van der Waals surface area contributed by atoms with Gasteiger partial charge in [-0.05, 0) is 24.5 Å². The number of carbonyl (C=O) groups is 1. The molecule has 0 amide bonds. The van der Waals surface area contributed by atoms with Crippen LogP contribution in [0.2, 0.25) is 0 Å². The monoisotopic (exact) mass is 289 g/mol. The van der Waals surface area contributed by atoms with Crippen LogP contribution in [0.5, 0.6) is 0 Å². The van der Waals surface area contributed by atoms with Crippen LogP contribution in [0.4, 0.5) is 4.39 Å². The van der Waals surface area contributed by atoms with Crippen molar-refractivity contribution in [1.82, 2.24) is 0 Å². The van der Waals surface area contributed by atoms with Crippen molar-refractivity contribution in [3.8, 4) is 0 Å². The topological polar surface area (TPSA) is 97.5 Å². The van der Waals surface area contributed by atoms with Crippen LogP contribution in [0.1, 0.15) is 31.7 Å². The number of hydrogen-bond donors (Lipinski definition) is 2. The summed E-state index contributed by atoms with van der Waals surface area (Å²) in [5, 5.41) is 14.0.